The normalized spacial score (nSPS) is 12.2. The first-order valence-electron chi connectivity index (χ1n) is 7.08. The van der Waals surface area contributed by atoms with Crippen molar-refractivity contribution < 1.29 is 9.90 Å². The number of hydrogen-bond donors (Lipinski definition) is 2. The van der Waals surface area contributed by atoms with Crippen LogP contribution in [0.25, 0.3) is 10.8 Å². The van der Waals surface area contributed by atoms with Crippen LogP contribution in [0, 0.1) is 0 Å². The number of nitrogens with one attached hydrogen (secondary N) is 1. The van der Waals surface area contributed by atoms with E-state index in [-0.39, 0.29) is 0 Å². The molecule has 2 N–H and O–H groups in total. The van der Waals surface area contributed by atoms with Crippen molar-refractivity contribution in [3.63, 3.8) is 0 Å². The first-order chi connectivity index (χ1) is 10.8. The lowest BCUT2D eigenvalue weighted by Crippen LogP contribution is -2.28. The van der Waals surface area contributed by atoms with Crippen LogP contribution in [-0.2, 0) is 11.3 Å². The second-order valence-electron chi connectivity index (χ2n) is 5.08. The summed E-state index contributed by atoms with van der Waals surface area (Å²) in [4.78, 5) is 15.7. The standard InChI is InChI=1S/C18H16N2O2/c21-18(22)17(20-12-13-5-4-10-19-11-13)16-9-3-7-14-6-1-2-8-15(14)16/h1-11,17,20H,12H2,(H,21,22). The number of carboxylic acid groups (broad SMARTS) is 1. The molecule has 0 amide bonds. The van der Waals surface area contributed by atoms with Crippen molar-refractivity contribution >= 4 is 16.7 Å². The minimum Gasteiger partial charge on any atom is -0.480 e. The Labute approximate surface area is 128 Å². The summed E-state index contributed by atoms with van der Waals surface area (Å²) in [5.74, 6) is -0.889. The Balaban J connectivity index is 1.92. The monoisotopic (exact) mass is 292 g/mol. The van der Waals surface area contributed by atoms with Crippen LogP contribution in [0.4, 0.5) is 0 Å². The number of carbonyl (C=O) groups is 1. The Morgan fingerprint density at radius 2 is 1.91 bits per heavy atom. The highest BCUT2D eigenvalue weighted by Gasteiger charge is 2.21. The van der Waals surface area contributed by atoms with Gasteiger partial charge in [0.05, 0.1) is 0 Å². The fraction of sp³-hybridized carbons (Fsp3) is 0.111. The van der Waals surface area contributed by atoms with Crippen molar-refractivity contribution in [3.05, 3.63) is 78.1 Å². The topological polar surface area (TPSA) is 62.2 Å². The summed E-state index contributed by atoms with van der Waals surface area (Å²) < 4.78 is 0. The number of aromatic nitrogens is 1. The molecule has 0 saturated heterocycles. The van der Waals surface area contributed by atoms with E-state index in [9.17, 15) is 9.90 Å². The van der Waals surface area contributed by atoms with Crippen LogP contribution >= 0.6 is 0 Å². The van der Waals surface area contributed by atoms with Crippen LogP contribution in [0.15, 0.2) is 67.0 Å². The highest BCUT2D eigenvalue weighted by atomic mass is 16.4. The lowest BCUT2D eigenvalue weighted by Gasteiger charge is -2.17. The quantitative estimate of drug-likeness (QED) is 0.758. The van der Waals surface area contributed by atoms with Crippen molar-refractivity contribution in [2.24, 2.45) is 0 Å². The van der Waals surface area contributed by atoms with E-state index in [1.165, 1.54) is 0 Å². The van der Waals surface area contributed by atoms with E-state index >= 15 is 0 Å². The van der Waals surface area contributed by atoms with Gasteiger partial charge in [0.25, 0.3) is 0 Å². The SMILES string of the molecule is O=C(O)C(NCc1cccnc1)c1cccc2ccccc12. The number of rotatable bonds is 5. The molecule has 2 aromatic carbocycles. The summed E-state index contributed by atoms with van der Waals surface area (Å²) in [5, 5.41) is 14.7. The molecule has 22 heavy (non-hydrogen) atoms. The van der Waals surface area contributed by atoms with Crippen molar-refractivity contribution in [2.75, 3.05) is 0 Å². The third-order valence-corrected chi connectivity index (χ3v) is 3.61. The molecule has 4 nitrogen and oxygen atoms in total. The van der Waals surface area contributed by atoms with Crippen LogP contribution in [0.5, 0.6) is 0 Å². The maximum absolute atomic E-state index is 11.7. The Morgan fingerprint density at radius 1 is 1.09 bits per heavy atom. The van der Waals surface area contributed by atoms with Gasteiger partial charge in [-0.1, -0.05) is 48.5 Å². The Kier molecular flexibility index (Phi) is 4.12. The average molecular weight is 292 g/mol. The summed E-state index contributed by atoms with van der Waals surface area (Å²) in [7, 11) is 0. The summed E-state index contributed by atoms with van der Waals surface area (Å²) in [6.45, 7) is 0.452. The third-order valence-electron chi connectivity index (χ3n) is 3.61. The number of nitrogens with zero attached hydrogens (tertiary/aromatic N) is 1. The van der Waals surface area contributed by atoms with E-state index < -0.39 is 12.0 Å². The van der Waals surface area contributed by atoms with E-state index in [1.54, 1.807) is 12.4 Å². The summed E-state index contributed by atoms with van der Waals surface area (Å²) in [6, 6.07) is 16.5. The van der Waals surface area contributed by atoms with Crippen molar-refractivity contribution in [2.45, 2.75) is 12.6 Å². The number of aliphatic carboxylic acids is 1. The molecule has 1 unspecified atom stereocenters. The van der Waals surface area contributed by atoms with Gasteiger partial charge in [0, 0.05) is 18.9 Å². The third kappa shape index (κ3) is 2.97. The molecule has 1 aromatic heterocycles. The fourth-order valence-electron chi connectivity index (χ4n) is 2.56. The molecule has 0 bridgehead atoms. The van der Waals surface area contributed by atoms with E-state index in [2.05, 4.69) is 10.3 Å². The molecule has 0 aliphatic heterocycles. The lowest BCUT2D eigenvalue weighted by atomic mass is 9.98. The molecule has 3 rings (SSSR count). The van der Waals surface area contributed by atoms with Crippen molar-refractivity contribution in [3.8, 4) is 0 Å². The highest BCUT2D eigenvalue weighted by molar-refractivity contribution is 5.90. The van der Waals surface area contributed by atoms with E-state index in [4.69, 9.17) is 0 Å². The minimum atomic E-state index is -0.889. The second-order valence-corrected chi connectivity index (χ2v) is 5.08. The fourth-order valence-corrected chi connectivity index (χ4v) is 2.56. The molecule has 0 fully saturated rings. The second kappa shape index (κ2) is 6.37. The maximum Gasteiger partial charge on any atom is 0.325 e. The van der Waals surface area contributed by atoms with Gasteiger partial charge in [0.15, 0.2) is 0 Å². The zero-order valence-corrected chi connectivity index (χ0v) is 11.9. The van der Waals surface area contributed by atoms with Crippen LogP contribution < -0.4 is 5.32 Å². The molecular formula is C18H16N2O2. The van der Waals surface area contributed by atoms with Gasteiger partial charge in [0.1, 0.15) is 6.04 Å². The lowest BCUT2D eigenvalue weighted by molar-refractivity contribution is -0.139. The number of hydrogen-bond acceptors (Lipinski definition) is 3. The molecule has 4 heteroatoms. The Bertz CT molecular complexity index is 782. The zero-order valence-electron chi connectivity index (χ0n) is 11.9. The highest BCUT2D eigenvalue weighted by Crippen LogP contribution is 2.24. The minimum absolute atomic E-state index is 0.452. The summed E-state index contributed by atoms with van der Waals surface area (Å²) in [6.07, 6.45) is 3.43. The summed E-state index contributed by atoms with van der Waals surface area (Å²) >= 11 is 0. The molecule has 3 aromatic rings. The molecule has 0 saturated carbocycles. The van der Waals surface area contributed by atoms with Gasteiger partial charge in [-0.15, -0.1) is 0 Å². The maximum atomic E-state index is 11.7. The molecule has 0 aliphatic rings. The van der Waals surface area contributed by atoms with Gasteiger partial charge in [-0.2, -0.15) is 0 Å². The number of pyridine rings is 1. The summed E-state index contributed by atoms with van der Waals surface area (Å²) in [5.41, 5.74) is 1.73. The Morgan fingerprint density at radius 3 is 2.68 bits per heavy atom. The molecule has 0 aliphatic carbocycles. The van der Waals surface area contributed by atoms with E-state index in [1.807, 2.05) is 54.6 Å². The first-order valence-corrected chi connectivity index (χ1v) is 7.08. The average Bonchev–Trinajstić information content (AvgIpc) is 2.56. The van der Waals surface area contributed by atoms with Crippen LogP contribution in [-0.4, -0.2) is 16.1 Å². The molecule has 0 radical (unpaired) electrons. The predicted molar refractivity (Wildman–Crippen MR) is 85.4 cm³/mol. The van der Waals surface area contributed by atoms with E-state index in [0.29, 0.717) is 6.54 Å². The Hall–Kier alpha value is -2.72. The van der Waals surface area contributed by atoms with Crippen LogP contribution in [0.3, 0.4) is 0 Å². The molecule has 1 atom stereocenters. The first kappa shape index (κ1) is 14.2. The van der Waals surface area contributed by atoms with Crippen LogP contribution in [0.1, 0.15) is 17.2 Å². The number of benzene rings is 2. The predicted octanol–water partition coefficient (Wildman–Crippen LogP) is 3.15. The van der Waals surface area contributed by atoms with Gasteiger partial charge in [-0.05, 0) is 28.0 Å². The molecule has 1 heterocycles. The molecule has 0 spiro atoms. The van der Waals surface area contributed by atoms with Gasteiger partial charge in [-0.25, -0.2) is 0 Å². The molecule has 110 valence electrons. The van der Waals surface area contributed by atoms with Gasteiger partial charge < -0.3 is 5.11 Å². The molecular weight excluding hydrogens is 276 g/mol. The number of carboxylic acids is 1. The van der Waals surface area contributed by atoms with Crippen molar-refractivity contribution in [1.82, 2.24) is 10.3 Å². The van der Waals surface area contributed by atoms with Gasteiger partial charge >= 0.3 is 5.97 Å². The van der Waals surface area contributed by atoms with Gasteiger partial charge in [-0.3, -0.25) is 15.1 Å². The van der Waals surface area contributed by atoms with Crippen molar-refractivity contribution in [1.29, 1.82) is 0 Å². The van der Waals surface area contributed by atoms with Crippen LogP contribution in [0.2, 0.25) is 0 Å². The largest absolute Gasteiger partial charge is 0.480 e. The zero-order chi connectivity index (χ0) is 15.4. The van der Waals surface area contributed by atoms with Gasteiger partial charge in [0.2, 0.25) is 0 Å². The number of fused-ring (bicyclic) bond motifs is 1. The van der Waals surface area contributed by atoms with E-state index in [0.717, 1.165) is 21.9 Å². The smallest absolute Gasteiger partial charge is 0.325 e.